The minimum absolute atomic E-state index is 0.0649. The zero-order valence-electron chi connectivity index (χ0n) is 13.5. The summed E-state index contributed by atoms with van der Waals surface area (Å²) in [4.78, 5) is 12.5. The molecule has 0 saturated carbocycles. The van der Waals surface area contributed by atoms with Gasteiger partial charge in [0.15, 0.2) is 5.65 Å². The number of nitrogens with one attached hydrogen (secondary N) is 1. The van der Waals surface area contributed by atoms with E-state index < -0.39 is 6.10 Å². The largest absolute Gasteiger partial charge is 0.389 e. The van der Waals surface area contributed by atoms with Crippen LogP contribution in [0.5, 0.6) is 0 Å². The van der Waals surface area contributed by atoms with Crippen molar-refractivity contribution in [2.45, 2.75) is 19.1 Å². The van der Waals surface area contributed by atoms with Gasteiger partial charge in [-0.3, -0.25) is 0 Å². The molecule has 0 bridgehead atoms. The number of pyridine rings is 1. The van der Waals surface area contributed by atoms with Crippen LogP contribution in [0.25, 0.3) is 11.0 Å². The Labute approximate surface area is 140 Å². The van der Waals surface area contributed by atoms with Crippen molar-refractivity contribution in [3.8, 4) is 0 Å². The number of aliphatic hydroxyl groups excluding tert-OH is 1. The van der Waals surface area contributed by atoms with E-state index >= 15 is 0 Å². The molecule has 2 unspecified atom stereocenters. The van der Waals surface area contributed by atoms with E-state index in [0.29, 0.717) is 18.0 Å². The van der Waals surface area contributed by atoms with Crippen molar-refractivity contribution in [2.24, 2.45) is 0 Å². The third-order valence-corrected chi connectivity index (χ3v) is 3.72. The molecule has 0 aliphatic carbocycles. The van der Waals surface area contributed by atoms with Crippen LogP contribution < -0.4 is 5.32 Å². The summed E-state index contributed by atoms with van der Waals surface area (Å²) in [7, 11) is 0. The molecular formula is C18H20N4O2. The predicted octanol–water partition coefficient (Wildman–Crippen LogP) is 2.58. The van der Waals surface area contributed by atoms with Crippen LogP contribution in [0.3, 0.4) is 0 Å². The number of rotatable bonds is 7. The fraction of sp³-hybridized carbons (Fsp3) is 0.278. The van der Waals surface area contributed by atoms with Crippen LogP contribution in [0.4, 0.5) is 5.82 Å². The maximum atomic E-state index is 10.1. The van der Waals surface area contributed by atoms with Gasteiger partial charge >= 0.3 is 0 Å². The van der Waals surface area contributed by atoms with Crippen LogP contribution in [-0.2, 0) is 4.74 Å². The molecule has 0 saturated heterocycles. The quantitative estimate of drug-likeness (QED) is 0.695. The molecule has 2 N–H and O–H groups in total. The Bertz CT molecular complexity index is 777. The second-order valence-electron chi connectivity index (χ2n) is 5.52. The monoisotopic (exact) mass is 324 g/mol. The van der Waals surface area contributed by atoms with E-state index in [1.54, 1.807) is 6.20 Å². The lowest BCUT2D eigenvalue weighted by molar-refractivity contribution is 0.00242. The molecule has 0 radical (unpaired) electrons. The number of benzene rings is 1. The summed E-state index contributed by atoms with van der Waals surface area (Å²) in [5.74, 6) is 0.656. The first-order chi connectivity index (χ1) is 11.7. The first kappa shape index (κ1) is 16.3. The SMILES string of the molecule is CC(OCC(O)CNc1ncnc2ncccc12)c1ccccc1. The molecule has 0 amide bonds. The first-order valence-electron chi connectivity index (χ1n) is 7.88. The van der Waals surface area contributed by atoms with Crippen molar-refractivity contribution in [1.29, 1.82) is 0 Å². The van der Waals surface area contributed by atoms with Crippen LogP contribution in [0.15, 0.2) is 55.0 Å². The number of hydrogen-bond donors (Lipinski definition) is 2. The molecule has 3 rings (SSSR count). The molecule has 0 spiro atoms. The van der Waals surface area contributed by atoms with Gasteiger partial charge in [0.25, 0.3) is 0 Å². The van der Waals surface area contributed by atoms with Crippen molar-refractivity contribution in [3.05, 3.63) is 60.6 Å². The van der Waals surface area contributed by atoms with Crippen molar-refractivity contribution >= 4 is 16.9 Å². The van der Waals surface area contributed by atoms with Crippen LogP contribution in [0, 0.1) is 0 Å². The Hall–Kier alpha value is -2.57. The normalized spacial score (nSPS) is 13.6. The molecule has 2 atom stereocenters. The molecule has 6 nitrogen and oxygen atoms in total. The summed E-state index contributed by atoms with van der Waals surface area (Å²) < 4.78 is 5.73. The highest BCUT2D eigenvalue weighted by molar-refractivity contribution is 5.85. The van der Waals surface area contributed by atoms with Gasteiger partial charge in [-0.25, -0.2) is 15.0 Å². The molecular weight excluding hydrogens is 304 g/mol. The fourth-order valence-electron chi connectivity index (χ4n) is 2.39. The smallest absolute Gasteiger partial charge is 0.164 e. The van der Waals surface area contributed by atoms with Crippen molar-refractivity contribution < 1.29 is 9.84 Å². The Morgan fingerprint density at radius 3 is 2.75 bits per heavy atom. The van der Waals surface area contributed by atoms with Crippen LogP contribution >= 0.6 is 0 Å². The van der Waals surface area contributed by atoms with Gasteiger partial charge in [-0.2, -0.15) is 0 Å². The summed E-state index contributed by atoms with van der Waals surface area (Å²) >= 11 is 0. The average molecular weight is 324 g/mol. The van der Waals surface area contributed by atoms with E-state index in [1.165, 1.54) is 6.33 Å². The van der Waals surface area contributed by atoms with Crippen molar-refractivity contribution in [1.82, 2.24) is 15.0 Å². The Morgan fingerprint density at radius 1 is 1.08 bits per heavy atom. The van der Waals surface area contributed by atoms with Crippen molar-refractivity contribution in [3.63, 3.8) is 0 Å². The van der Waals surface area contributed by atoms with Gasteiger partial charge < -0.3 is 15.2 Å². The molecule has 3 aromatic rings. The van der Waals surface area contributed by atoms with Crippen LogP contribution in [0.1, 0.15) is 18.6 Å². The van der Waals surface area contributed by atoms with Gasteiger partial charge in [0.1, 0.15) is 12.1 Å². The fourth-order valence-corrected chi connectivity index (χ4v) is 2.39. The van der Waals surface area contributed by atoms with E-state index in [9.17, 15) is 5.11 Å². The van der Waals surface area contributed by atoms with Crippen LogP contribution in [-0.4, -0.2) is 39.3 Å². The molecule has 6 heteroatoms. The van der Waals surface area contributed by atoms with E-state index in [1.807, 2.05) is 49.4 Å². The summed E-state index contributed by atoms with van der Waals surface area (Å²) in [5, 5.41) is 14.1. The molecule has 1 aromatic carbocycles. The summed E-state index contributed by atoms with van der Waals surface area (Å²) in [5.41, 5.74) is 1.71. The molecule has 2 aromatic heterocycles. The number of anilines is 1. The number of nitrogens with zero attached hydrogens (tertiary/aromatic N) is 3. The predicted molar refractivity (Wildman–Crippen MR) is 92.6 cm³/mol. The zero-order valence-corrected chi connectivity index (χ0v) is 13.5. The standard InChI is InChI=1S/C18H20N4O2/c1-13(14-6-3-2-4-7-14)24-11-15(23)10-20-18-16-8-5-9-19-17(16)21-12-22-18/h2-9,12-13,15,23H,10-11H2,1H3,(H,19,20,21,22). The van der Waals surface area contributed by atoms with Crippen molar-refractivity contribution in [2.75, 3.05) is 18.5 Å². The van der Waals surface area contributed by atoms with Gasteiger partial charge in [-0.05, 0) is 24.6 Å². The highest BCUT2D eigenvalue weighted by Crippen LogP contribution is 2.18. The number of aliphatic hydroxyl groups is 1. The van der Waals surface area contributed by atoms with Gasteiger partial charge in [0.05, 0.1) is 24.2 Å². The number of hydrogen-bond acceptors (Lipinski definition) is 6. The van der Waals surface area contributed by atoms with Gasteiger partial charge in [-0.15, -0.1) is 0 Å². The lowest BCUT2D eigenvalue weighted by atomic mass is 10.1. The third-order valence-electron chi connectivity index (χ3n) is 3.72. The highest BCUT2D eigenvalue weighted by atomic mass is 16.5. The number of fused-ring (bicyclic) bond motifs is 1. The average Bonchev–Trinajstić information content (AvgIpc) is 2.65. The maximum Gasteiger partial charge on any atom is 0.164 e. The molecule has 0 fully saturated rings. The van der Waals surface area contributed by atoms with E-state index in [-0.39, 0.29) is 12.7 Å². The van der Waals surface area contributed by atoms with Gasteiger partial charge in [0.2, 0.25) is 0 Å². The van der Waals surface area contributed by atoms with E-state index in [4.69, 9.17) is 4.74 Å². The van der Waals surface area contributed by atoms with Gasteiger partial charge in [-0.1, -0.05) is 30.3 Å². The molecule has 24 heavy (non-hydrogen) atoms. The minimum atomic E-state index is -0.641. The summed E-state index contributed by atoms with van der Waals surface area (Å²) in [6, 6.07) is 13.7. The highest BCUT2D eigenvalue weighted by Gasteiger charge is 2.11. The molecule has 2 heterocycles. The second kappa shape index (κ2) is 7.81. The minimum Gasteiger partial charge on any atom is -0.389 e. The molecule has 0 aliphatic heterocycles. The first-order valence-corrected chi connectivity index (χ1v) is 7.88. The lowest BCUT2D eigenvalue weighted by Crippen LogP contribution is -2.26. The topological polar surface area (TPSA) is 80.2 Å². The number of aromatic nitrogens is 3. The Kier molecular flexibility index (Phi) is 5.30. The summed E-state index contributed by atoms with van der Waals surface area (Å²) in [6.07, 6.45) is 2.44. The maximum absolute atomic E-state index is 10.1. The Balaban J connectivity index is 1.53. The zero-order chi connectivity index (χ0) is 16.8. The van der Waals surface area contributed by atoms with Gasteiger partial charge in [0, 0.05) is 12.7 Å². The summed E-state index contributed by atoms with van der Waals surface area (Å²) in [6.45, 7) is 2.55. The van der Waals surface area contributed by atoms with Crippen LogP contribution in [0.2, 0.25) is 0 Å². The number of ether oxygens (including phenoxy) is 1. The molecule has 124 valence electrons. The molecule has 0 aliphatic rings. The van der Waals surface area contributed by atoms with E-state index in [0.717, 1.165) is 10.9 Å². The third kappa shape index (κ3) is 4.04. The van der Waals surface area contributed by atoms with E-state index in [2.05, 4.69) is 20.3 Å². The second-order valence-corrected chi connectivity index (χ2v) is 5.52. The Morgan fingerprint density at radius 2 is 1.92 bits per heavy atom. The lowest BCUT2D eigenvalue weighted by Gasteiger charge is -2.17.